The number of aryl methyl sites for hydroxylation is 1. The van der Waals surface area contributed by atoms with Gasteiger partial charge in [0.05, 0.1) is 35.7 Å². The highest BCUT2D eigenvalue weighted by atomic mass is 32.1. The Labute approximate surface area is 241 Å². The van der Waals surface area contributed by atoms with Gasteiger partial charge in [0.25, 0.3) is 5.56 Å². The summed E-state index contributed by atoms with van der Waals surface area (Å²) in [5.74, 6) is -0.339. The van der Waals surface area contributed by atoms with Crippen LogP contribution in [0.2, 0.25) is 0 Å². The van der Waals surface area contributed by atoms with E-state index in [1.165, 1.54) is 42.2 Å². The molecule has 10 nitrogen and oxygen atoms in total. The van der Waals surface area contributed by atoms with E-state index >= 15 is 0 Å². The Morgan fingerprint density at radius 3 is 2.51 bits per heavy atom. The predicted octanol–water partition coefficient (Wildman–Crippen LogP) is 4.81. The second kappa shape index (κ2) is 11.0. The van der Waals surface area contributed by atoms with Crippen LogP contribution in [0.25, 0.3) is 21.0 Å². The van der Waals surface area contributed by atoms with Crippen molar-refractivity contribution in [3.8, 4) is 10.8 Å². The first-order chi connectivity index (χ1) is 19.4. The van der Waals surface area contributed by atoms with Gasteiger partial charge < -0.3 is 18.6 Å². The topological polar surface area (TPSA) is 115 Å². The van der Waals surface area contributed by atoms with Gasteiger partial charge in [-0.1, -0.05) is 30.3 Å². The van der Waals surface area contributed by atoms with Crippen molar-refractivity contribution in [2.24, 2.45) is 0 Å². The molecule has 1 fully saturated rings. The first-order valence-corrected chi connectivity index (χ1v) is 14.4. The number of fused-ring (bicyclic) bond motifs is 1. The molecule has 5 rings (SSSR count). The lowest BCUT2D eigenvalue weighted by atomic mass is 10.0. The largest absolute Gasteiger partial charge is 0.458 e. The van der Waals surface area contributed by atoms with Crippen LogP contribution < -0.4 is 11.2 Å². The standard InChI is InChI=1S/C30H35N3O7S/c1-18-22-25(34)33(30(5,6)27(35)40-29(2,3)4)28(36)32(26(22)41-23(18)24-31-13-15-38-24)16-21(19-10-8-7-9-11-19)39-20-12-14-37-17-20/h7-11,13,15,20-21H,12,14,16-17H2,1-6H3/t20-,21-/m0/s1. The van der Waals surface area contributed by atoms with Crippen LogP contribution in [0, 0.1) is 6.92 Å². The SMILES string of the molecule is Cc1c(-c2ncco2)sc2c1c(=O)n(C(C)(C)C(=O)OC(C)(C)C)c(=O)n2C[C@H](O[C@H]1CCOC1)c1ccccc1. The Morgan fingerprint density at radius 2 is 1.90 bits per heavy atom. The van der Waals surface area contributed by atoms with Crippen molar-refractivity contribution in [1.82, 2.24) is 14.1 Å². The maximum Gasteiger partial charge on any atom is 0.333 e. The van der Waals surface area contributed by atoms with E-state index in [-0.39, 0.29) is 12.6 Å². The van der Waals surface area contributed by atoms with E-state index in [1.54, 1.807) is 27.7 Å². The molecular weight excluding hydrogens is 546 g/mol. The van der Waals surface area contributed by atoms with Gasteiger partial charge in [-0.25, -0.2) is 19.1 Å². The number of nitrogens with zero attached hydrogens (tertiary/aromatic N) is 3. The van der Waals surface area contributed by atoms with E-state index in [2.05, 4.69) is 4.98 Å². The number of esters is 1. The number of hydrogen-bond donors (Lipinski definition) is 0. The molecular formula is C30H35N3O7S. The first kappa shape index (κ1) is 29.0. The van der Waals surface area contributed by atoms with Gasteiger partial charge in [-0.2, -0.15) is 0 Å². The number of oxazole rings is 1. The van der Waals surface area contributed by atoms with E-state index in [0.29, 0.717) is 39.8 Å². The van der Waals surface area contributed by atoms with Crippen molar-refractivity contribution in [2.75, 3.05) is 13.2 Å². The minimum atomic E-state index is -1.60. The third-order valence-corrected chi connectivity index (χ3v) is 8.36. The smallest absolute Gasteiger partial charge is 0.333 e. The summed E-state index contributed by atoms with van der Waals surface area (Å²) in [5.41, 5.74) is -2.13. The molecule has 1 saturated heterocycles. The van der Waals surface area contributed by atoms with Gasteiger partial charge in [-0.15, -0.1) is 11.3 Å². The fraction of sp³-hybridized carbons (Fsp3) is 0.467. The second-order valence-corrected chi connectivity index (χ2v) is 12.7. The number of rotatable bonds is 8. The van der Waals surface area contributed by atoms with Gasteiger partial charge in [0, 0.05) is 6.61 Å². The number of thiophene rings is 1. The lowest BCUT2D eigenvalue weighted by Gasteiger charge is -2.30. The van der Waals surface area contributed by atoms with Crippen LogP contribution in [0.15, 0.2) is 56.8 Å². The van der Waals surface area contributed by atoms with E-state index in [0.717, 1.165) is 16.6 Å². The second-order valence-electron chi connectivity index (χ2n) is 11.7. The third kappa shape index (κ3) is 5.66. The Bertz CT molecular complexity index is 1650. The number of carbonyl (C=O) groups is 1. The van der Waals surface area contributed by atoms with E-state index in [9.17, 15) is 14.4 Å². The molecule has 4 aromatic rings. The molecule has 2 atom stereocenters. The van der Waals surface area contributed by atoms with E-state index in [1.807, 2.05) is 30.3 Å². The Morgan fingerprint density at radius 1 is 1.17 bits per heavy atom. The molecule has 4 heterocycles. The predicted molar refractivity (Wildman–Crippen MR) is 155 cm³/mol. The van der Waals surface area contributed by atoms with Crippen LogP contribution in [0.4, 0.5) is 0 Å². The molecule has 0 bridgehead atoms. The van der Waals surface area contributed by atoms with Crippen LogP contribution in [-0.2, 0) is 31.1 Å². The summed E-state index contributed by atoms with van der Waals surface area (Å²) in [4.78, 5) is 47.2. The number of benzene rings is 1. The van der Waals surface area contributed by atoms with E-state index < -0.39 is 34.5 Å². The van der Waals surface area contributed by atoms with Crippen LogP contribution in [0.1, 0.15) is 58.3 Å². The van der Waals surface area contributed by atoms with Crippen LogP contribution in [0.3, 0.4) is 0 Å². The fourth-order valence-electron chi connectivity index (χ4n) is 4.95. The highest BCUT2D eigenvalue weighted by Crippen LogP contribution is 2.37. The molecule has 0 unspecified atom stereocenters. The molecule has 3 aromatic heterocycles. The van der Waals surface area contributed by atoms with Crippen molar-refractivity contribution in [2.45, 2.75) is 77.9 Å². The van der Waals surface area contributed by atoms with Gasteiger partial charge in [0.2, 0.25) is 5.89 Å². The first-order valence-electron chi connectivity index (χ1n) is 13.6. The zero-order chi connectivity index (χ0) is 29.5. The number of aromatic nitrogens is 3. The van der Waals surface area contributed by atoms with Crippen molar-refractivity contribution < 1.29 is 23.4 Å². The summed E-state index contributed by atoms with van der Waals surface area (Å²) in [5, 5.41) is 0.315. The minimum absolute atomic E-state index is 0.103. The summed E-state index contributed by atoms with van der Waals surface area (Å²) < 4.78 is 25.8. The van der Waals surface area contributed by atoms with Crippen LogP contribution in [0.5, 0.6) is 0 Å². The van der Waals surface area contributed by atoms with Crippen LogP contribution >= 0.6 is 11.3 Å². The maximum absolute atomic E-state index is 14.3. The summed E-state index contributed by atoms with van der Waals surface area (Å²) in [6, 6.07) is 9.64. The highest BCUT2D eigenvalue weighted by Gasteiger charge is 2.39. The maximum atomic E-state index is 14.3. The average Bonchev–Trinajstić information content (AvgIpc) is 3.67. The third-order valence-electron chi connectivity index (χ3n) is 7.06. The summed E-state index contributed by atoms with van der Waals surface area (Å²) in [6.45, 7) is 11.2. The minimum Gasteiger partial charge on any atom is -0.458 e. The average molecular weight is 582 g/mol. The normalized spacial score (nSPS) is 16.8. The van der Waals surface area contributed by atoms with Crippen LogP contribution in [-0.4, -0.2) is 45.0 Å². The summed E-state index contributed by atoms with van der Waals surface area (Å²) >= 11 is 1.25. The highest BCUT2D eigenvalue weighted by molar-refractivity contribution is 7.22. The molecule has 11 heteroatoms. The lowest BCUT2D eigenvalue weighted by molar-refractivity contribution is -0.164. The molecule has 1 aromatic carbocycles. The molecule has 218 valence electrons. The monoisotopic (exact) mass is 581 g/mol. The Balaban J connectivity index is 1.74. The zero-order valence-electron chi connectivity index (χ0n) is 24.1. The van der Waals surface area contributed by atoms with Crippen molar-refractivity contribution in [3.63, 3.8) is 0 Å². The molecule has 1 aliphatic rings. The summed E-state index contributed by atoms with van der Waals surface area (Å²) in [6.07, 6.45) is 3.07. The molecule has 0 N–H and O–H groups in total. The number of ether oxygens (including phenoxy) is 3. The lowest BCUT2D eigenvalue weighted by Crippen LogP contribution is -2.54. The Kier molecular flexibility index (Phi) is 7.80. The molecule has 1 aliphatic heterocycles. The molecule has 0 spiro atoms. The quantitative estimate of drug-likeness (QED) is 0.272. The van der Waals surface area contributed by atoms with E-state index in [4.69, 9.17) is 18.6 Å². The zero-order valence-corrected chi connectivity index (χ0v) is 24.9. The van der Waals surface area contributed by atoms with Gasteiger partial charge in [0.1, 0.15) is 28.3 Å². The summed E-state index contributed by atoms with van der Waals surface area (Å²) in [7, 11) is 0. The van der Waals surface area contributed by atoms with Gasteiger partial charge >= 0.3 is 11.7 Å². The Hall–Kier alpha value is -3.54. The van der Waals surface area contributed by atoms with Crippen molar-refractivity contribution in [1.29, 1.82) is 0 Å². The molecule has 41 heavy (non-hydrogen) atoms. The van der Waals surface area contributed by atoms with Gasteiger partial charge in [-0.3, -0.25) is 9.36 Å². The molecule has 0 amide bonds. The molecule has 0 radical (unpaired) electrons. The number of hydrogen-bond acceptors (Lipinski definition) is 9. The number of carbonyl (C=O) groups excluding carboxylic acids is 1. The van der Waals surface area contributed by atoms with Crippen molar-refractivity contribution in [3.05, 3.63) is 74.8 Å². The fourth-order valence-corrected chi connectivity index (χ4v) is 6.19. The van der Waals surface area contributed by atoms with Gasteiger partial charge in [0.15, 0.2) is 0 Å². The van der Waals surface area contributed by atoms with Crippen molar-refractivity contribution >= 4 is 27.5 Å². The molecule has 0 aliphatic carbocycles. The van der Waals surface area contributed by atoms with Gasteiger partial charge in [-0.05, 0) is 59.1 Å². The molecule has 0 saturated carbocycles.